The summed E-state index contributed by atoms with van der Waals surface area (Å²) in [5, 5.41) is 4.39. The molecule has 0 fully saturated rings. The number of nitrogens with one attached hydrogen (secondary N) is 1. The molecule has 10 heteroatoms. The number of hydrogen-bond acceptors (Lipinski definition) is 4. The average molecular weight is 500 g/mol. The Bertz CT molecular complexity index is 719. The predicted molar refractivity (Wildman–Crippen MR) is 107 cm³/mol. The van der Waals surface area contributed by atoms with Crippen molar-refractivity contribution in [2.75, 3.05) is 21.2 Å². The van der Waals surface area contributed by atoms with Gasteiger partial charge in [-0.1, -0.05) is 12.1 Å². The number of aromatic nitrogens is 1. The molecule has 144 valence electrons. The Kier molecular flexibility index (Phi) is 8.60. The third kappa shape index (κ3) is 6.31. The van der Waals surface area contributed by atoms with Crippen LogP contribution >= 0.6 is 35.3 Å². The van der Waals surface area contributed by atoms with Crippen LogP contribution in [0, 0.1) is 0 Å². The second kappa shape index (κ2) is 9.95. The van der Waals surface area contributed by atoms with Gasteiger partial charge >= 0.3 is 6.18 Å². The maximum Gasteiger partial charge on any atom is 0.434 e. The molecule has 0 aliphatic rings. The van der Waals surface area contributed by atoms with E-state index >= 15 is 0 Å². The minimum absolute atomic E-state index is 0. The number of methoxy groups -OCH3 is 1. The van der Waals surface area contributed by atoms with E-state index in [0.717, 1.165) is 28.0 Å². The van der Waals surface area contributed by atoms with Crippen LogP contribution in [0.15, 0.2) is 34.6 Å². The molecule has 1 N–H and O–H groups in total. The Morgan fingerprint density at radius 1 is 1.31 bits per heavy atom. The first kappa shape index (κ1) is 22.5. The van der Waals surface area contributed by atoms with Crippen LogP contribution in [-0.2, 0) is 19.3 Å². The largest absolute Gasteiger partial charge is 0.497 e. The van der Waals surface area contributed by atoms with Crippen molar-refractivity contribution in [2.24, 2.45) is 4.99 Å². The topological polar surface area (TPSA) is 49.8 Å². The predicted octanol–water partition coefficient (Wildman–Crippen LogP) is 4.00. The van der Waals surface area contributed by atoms with Crippen molar-refractivity contribution < 1.29 is 17.9 Å². The molecule has 1 heterocycles. The van der Waals surface area contributed by atoms with Crippen molar-refractivity contribution >= 4 is 41.3 Å². The maximum absolute atomic E-state index is 12.6. The zero-order valence-electron chi connectivity index (χ0n) is 14.5. The lowest BCUT2D eigenvalue weighted by Gasteiger charge is -2.22. The number of alkyl halides is 3. The Morgan fingerprint density at radius 3 is 2.46 bits per heavy atom. The molecule has 2 rings (SSSR count). The number of guanidine groups is 1. The highest BCUT2D eigenvalue weighted by atomic mass is 127. The summed E-state index contributed by atoms with van der Waals surface area (Å²) in [7, 11) is 5.08. The Morgan fingerprint density at radius 2 is 1.96 bits per heavy atom. The zero-order chi connectivity index (χ0) is 18.4. The first-order chi connectivity index (χ1) is 11.8. The maximum atomic E-state index is 12.6. The molecule has 2 aromatic rings. The molecule has 0 aliphatic heterocycles. The van der Waals surface area contributed by atoms with Crippen molar-refractivity contribution in [3.8, 4) is 5.75 Å². The van der Waals surface area contributed by atoms with Gasteiger partial charge in [0.2, 0.25) is 0 Å². The van der Waals surface area contributed by atoms with Crippen LogP contribution in [0.1, 0.15) is 16.3 Å². The van der Waals surface area contributed by atoms with Crippen LogP contribution in [-0.4, -0.2) is 37.0 Å². The van der Waals surface area contributed by atoms with E-state index in [-0.39, 0.29) is 30.5 Å². The first-order valence-corrected chi connectivity index (χ1v) is 8.27. The quantitative estimate of drug-likeness (QED) is 0.383. The molecule has 1 aromatic carbocycles. The fraction of sp³-hybridized carbons (Fsp3) is 0.375. The van der Waals surface area contributed by atoms with Gasteiger partial charge in [-0.3, -0.25) is 4.99 Å². The fourth-order valence-electron chi connectivity index (χ4n) is 2.14. The second-order valence-corrected chi connectivity index (χ2v) is 6.17. The minimum Gasteiger partial charge on any atom is -0.497 e. The number of thiazole rings is 1. The fourth-order valence-corrected chi connectivity index (χ4v) is 2.88. The van der Waals surface area contributed by atoms with Gasteiger partial charge in [-0.25, -0.2) is 4.98 Å². The summed E-state index contributed by atoms with van der Waals surface area (Å²) in [5.41, 5.74) is 0.190. The van der Waals surface area contributed by atoms with Gasteiger partial charge in [0.1, 0.15) is 10.8 Å². The first-order valence-electron chi connectivity index (χ1n) is 7.39. The summed E-state index contributed by atoms with van der Waals surface area (Å²) in [6.45, 7) is 0.774. The van der Waals surface area contributed by atoms with Crippen LogP contribution in [0.5, 0.6) is 5.75 Å². The molecule has 0 aliphatic carbocycles. The van der Waals surface area contributed by atoms with E-state index in [1.807, 2.05) is 36.2 Å². The SMILES string of the molecule is CN=C(NCc1nc(C(F)(F)F)cs1)N(C)Cc1ccc(OC)cc1.I. The molecule has 0 atom stereocenters. The van der Waals surface area contributed by atoms with Crippen LogP contribution < -0.4 is 10.1 Å². The van der Waals surface area contributed by atoms with Crippen LogP contribution in [0.2, 0.25) is 0 Å². The highest BCUT2D eigenvalue weighted by molar-refractivity contribution is 14.0. The summed E-state index contributed by atoms with van der Waals surface area (Å²) in [5.74, 6) is 1.35. The molecule has 0 amide bonds. The molecule has 0 saturated carbocycles. The third-order valence-electron chi connectivity index (χ3n) is 3.39. The number of rotatable bonds is 5. The van der Waals surface area contributed by atoms with Crippen LogP contribution in [0.3, 0.4) is 0 Å². The molecule has 0 spiro atoms. The van der Waals surface area contributed by atoms with Crippen molar-refractivity contribution in [3.05, 3.63) is 45.9 Å². The summed E-state index contributed by atoms with van der Waals surface area (Å²) in [6.07, 6.45) is -4.42. The van der Waals surface area contributed by atoms with Crippen molar-refractivity contribution in [1.82, 2.24) is 15.2 Å². The number of benzene rings is 1. The molecule has 0 radical (unpaired) electrons. The Balaban J connectivity index is 0.00000338. The van der Waals surface area contributed by atoms with E-state index in [1.54, 1.807) is 14.2 Å². The molecule has 0 unspecified atom stereocenters. The molecule has 0 bridgehead atoms. The summed E-state index contributed by atoms with van der Waals surface area (Å²) < 4.78 is 42.8. The number of ether oxygens (including phenoxy) is 1. The Hall–Kier alpha value is -1.56. The van der Waals surface area contributed by atoms with Gasteiger partial charge < -0.3 is 15.0 Å². The highest BCUT2D eigenvalue weighted by Gasteiger charge is 2.33. The normalized spacial score (nSPS) is 11.7. The molecular formula is C16H20F3IN4OS. The Labute approximate surface area is 171 Å². The van der Waals surface area contributed by atoms with Crippen LogP contribution in [0.4, 0.5) is 13.2 Å². The van der Waals surface area contributed by atoms with Crippen molar-refractivity contribution in [1.29, 1.82) is 0 Å². The molecule has 0 saturated heterocycles. The van der Waals surface area contributed by atoms with E-state index in [4.69, 9.17) is 4.74 Å². The van der Waals surface area contributed by atoms with Gasteiger partial charge in [0.15, 0.2) is 11.7 Å². The van der Waals surface area contributed by atoms with Gasteiger partial charge in [0.25, 0.3) is 0 Å². The smallest absolute Gasteiger partial charge is 0.434 e. The summed E-state index contributed by atoms with van der Waals surface area (Å²) in [4.78, 5) is 9.62. The van der Waals surface area contributed by atoms with E-state index in [1.165, 1.54) is 0 Å². The van der Waals surface area contributed by atoms with Gasteiger partial charge in [-0.2, -0.15) is 13.2 Å². The van der Waals surface area contributed by atoms with Gasteiger partial charge in [0, 0.05) is 26.0 Å². The number of halogens is 4. The van der Waals surface area contributed by atoms with Crippen molar-refractivity contribution in [2.45, 2.75) is 19.3 Å². The minimum atomic E-state index is -4.42. The molecule has 1 aromatic heterocycles. The molecular weight excluding hydrogens is 480 g/mol. The van der Waals surface area contributed by atoms with Gasteiger partial charge in [-0.15, -0.1) is 35.3 Å². The summed E-state index contributed by atoms with van der Waals surface area (Å²) >= 11 is 0.968. The number of nitrogens with zero attached hydrogens (tertiary/aromatic N) is 3. The third-order valence-corrected chi connectivity index (χ3v) is 4.24. The van der Waals surface area contributed by atoms with Crippen molar-refractivity contribution in [3.63, 3.8) is 0 Å². The van der Waals surface area contributed by atoms with E-state index in [0.29, 0.717) is 17.5 Å². The van der Waals surface area contributed by atoms with Crippen LogP contribution in [0.25, 0.3) is 0 Å². The lowest BCUT2D eigenvalue weighted by molar-refractivity contribution is -0.140. The highest BCUT2D eigenvalue weighted by Crippen LogP contribution is 2.29. The second-order valence-electron chi connectivity index (χ2n) is 5.23. The van der Waals surface area contributed by atoms with Gasteiger partial charge in [0.05, 0.1) is 13.7 Å². The monoisotopic (exact) mass is 500 g/mol. The summed E-state index contributed by atoms with van der Waals surface area (Å²) in [6, 6.07) is 7.62. The van der Waals surface area contributed by atoms with E-state index < -0.39 is 11.9 Å². The van der Waals surface area contributed by atoms with E-state index in [2.05, 4.69) is 15.3 Å². The lowest BCUT2D eigenvalue weighted by Crippen LogP contribution is -2.38. The zero-order valence-corrected chi connectivity index (χ0v) is 17.6. The molecule has 5 nitrogen and oxygen atoms in total. The number of hydrogen-bond donors (Lipinski definition) is 1. The standard InChI is InChI=1S/C16H19F3N4OS.HI/c1-20-15(21-8-14-22-13(10-25-14)16(17,18)19)23(2)9-11-4-6-12(24-3)7-5-11;/h4-7,10H,8-9H2,1-3H3,(H,20,21);1H. The average Bonchev–Trinajstić information content (AvgIpc) is 3.05. The molecule has 26 heavy (non-hydrogen) atoms. The van der Waals surface area contributed by atoms with E-state index in [9.17, 15) is 13.2 Å². The van der Waals surface area contributed by atoms with Gasteiger partial charge in [-0.05, 0) is 17.7 Å². The lowest BCUT2D eigenvalue weighted by atomic mass is 10.2. The number of aliphatic imine (C=N–C) groups is 1.